The molecule has 1 aromatic carbocycles. The van der Waals surface area contributed by atoms with Gasteiger partial charge in [-0.15, -0.1) is 0 Å². The first-order valence-electron chi connectivity index (χ1n) is 5.52. The molecule has 0 amide bonds. The number of ether oxygens (including phenoxy) is 1. The molecule has 2 rings (SSSR count). The first kappa shape index (κ1) is 15.1. The topological polar surface area (TPSA) is 59.6 Å². The lowest BCUT2D eigenvalue weighted by Gasteiger charge is -2.18. The monoisotopic (exact) mass is 344 g/mol. The number of hydrogen-bond acceptors (Lipinski definition) is 3. The number of nitrogens with one attached hydrogen (secondary N) is 2. The van der Waals surface area contributed by atoms with Gasteiger partial charge in [0, 0.05) is 6.07 Å². The van der Waals surface area contributed by atoms with Crippen molar-refractivity contribution in [2.24, 2.45) is 0 Å². The number of hydrogen-bond donors (Lipinski definition) is 2. The van der Waals surface area contributed by atoms with Crippen molar-refractivity contribution in [3.8, 4) is 5.75 Å². The molecule has 0 spiro atoms. The molecule has 0 bridgehead atoms. The van der Waals surface area contributed by atoms with E-state index in [2.05, 4.69) is 10.2 Å². The van der Waals surface area contributed by atoms with Gasteiger partial charge in [0.15, 0.2) is 0 Å². The molecule has 1 aromatic rings. The molecule has 106 valence electrons. The van der Waals surface area contributed by atoms with Crippen molar-refractivity contribution in [3.63, 3.8) is 0 Å². The summed E-state index contributed by atoms with van der Waals surface area (Å²) in [5, 5.41) is 5.34. The fourth-order valence-corrected chi connectivity index (χ4v) is 3.89. The maximum absolute atomic E-state index is 12.3. The zero-order chi connectivity index (χ0) is 14.1. The Labute approximate surface area is 126 Å². The van der Waals surface area contributed by atoms with Gasteiger partial charge in [-0.05, 0) is 18.6 Å². The minimum atomic E-state index is -3.47. The van der Waals surface area contributed by atoms with E-state index in [1.54, 1.807) is 18.2 Å². The number of fused-ring (bicyclic) bond motifs is 1. The molecule has 1 aliphatic heterocycles. The number of benzene rings is 1. The van der Waals surface area contributed by atoms with E-state index in [1.165, 1.54) is 0 Å². The van der Waals surface area contributed by atoms with Crippen LogP contribution in [0.5, 0.6) is 5.75 Å². The summed E-state index contributed by atoms with van der Waals surface area (Å²) in [6, 6.07) is 5.18. The number of anilines is 2. The zero-order valence-corrected chi connectivity index (χ0v) is 13.1. The average Bonchev–Trinajstić information content (AvgIpc) is 2.58. The molecule has 1 atom stereocenters. The number of halogens is 3. The van der Waals surface area contributed by atoms with Crippen LogP contribution in [-0.2, 0) is 9.09 Å². The van der Waals surface area contributed by atoms with E-state index in [4.69, 9.17) is 44.1 Å². The Morgan fingerprint density at radius 1 is 1.26 bits per heavy atom. The Kier molecular flexibility index (Phi) is 4.43. The van der Waals surface area contributed by atoms with Crippen LogP contribution in [0, 0.1) is 0 Å². The van der Waals surface area contributed by atoms with Crippen LogP contribution in [0.1, 0.15) is 13.3 Å². The van der Waals surface area contributed by atoms with Crippen LogP contribution < -0.4 is 14.9 Å². The molecule has 1 aliphatic rings. The van der Waals surface area contributed by atoms with Crippen molar-refractivity contribution in [2.45, 2.75) is 17.3 Å². The number of rotatable bonds is 4. The highest BCUT2D eigenvalue weighted by Crippen LogP contribution is 2.59. The van der Waals surface area contributed by atoms with E-state index in [-0.39, 0.29) is 0 Å². The SMILES string of the molecule is CCCOc1ccc2c(c1)NP(=O)(OC(Cl)(Cl)Cl)N2. The largest absolute Gasteiger partial charge is 0.494 e. The van der Waals surface area contributed by atoms with Gasteiger partial charge < -0.3 is 4.74 Å². The first-order chi connectivity index (χ1) is 8.81. The van der Waals surface area contributed by atoms with E-state index in [1.807, 2.05) is 6.92 Å². The van der Waals surface area contributed by atoms with Gasteiger partial charge in [-0.3, -0.25) is 10.2 Å². The Hall–Kier alpha value is -0.320. The maximum atomic E-state index is 12.3. The Balaban J connectivity index is 2.13. The highest BCUT2D eigenvalue weighted by molar-refractivity contribution is 7.63. The molecule has 1 heterocycles. The minimum absolute atomic E-state index is 0.575. The lowest BCUT2D eigenvalue weighted by atomic mass is 10.2. The van der Waals surface area contributed by atoms with E-state index >= 15 is 0 Å². The van der Waals surface area contributed by atoms with Crippen LogP contribution >= 0.6 is 42.5 Å². The lowest BCUT2D eigenvalue weighted by molar-refractivity contribution is 0.317. The van der Waals surface area contributed by atoms with Crippen molar-refractivity contribution in [3.05, 3.63) is 18.2 Å². The molecule has 0 radical (unpaired) electrons. The molecule has 0 saturated heterocycles. The van der Waals surface area contributed by atoms with Crippen LogP contribution in [0.4, 0.5) is 11.4 Å². The highest BCUT2D eigenvalue weighted by atomic mass is 35.6. The van der Waals surface area contributed by atoms with Gasteiger partial charge in [-0.2, -0.15) is 0 Å². The van der Waals surface area contributed by atoms with Crippen molar-refractivity contribution in [1.82, 2.24) is 0 Å². The quantitative estimate of drug-likeness (QED) is 0.608. The van der Waals surface area contributed by atoms with E-state index in [0.717, 1.165) is 6.42 Å². The first-order valence-corrected chi connectivity index (χ1v) is 8.28. The van der Waals surface area contributed by atoms with Crippen LogP contribution in [0.15, 0.2) is 18.2 Å². The third kappa shape index (κ3) is 4.07. The van der Waals surface area contributed by atoms with Gasteiger partial charge in [0.2, 0.25) is 0 Å². The molecular weight excluding hydrogens is 333 g/mol. The van der Waals surface area contributed by atoms with Gasteiger partial charge in [-0.1, -0.05) is 41.7 Å². The molecule has 0 aliphatic carbocycles. The van der Waals surface area contributed by atoms with E-state index in [0.29, 0.717) is 23.7 Å². The number of alkyl halides is 3. The molecular formula is C10H12Cl3N2O3P. The van der Waals surface area contributed by atoms with Crippen LogP contribution in [0.2, 0.25) is 0 Å². The summed E-state index contributed by atoms with van der Waals surface area (Å²) < 4.78 is 20.6. The van der Waals surface area contributed by atoms with Crippen LogP contribution in [0.25, 0.3) is 0 Å². The van der Waals surface area contributed by atoms with Gasteiger partial charge in [0.25, 0.3) is 0 Å². The third-order valence-corrected chi connectivity index (χ3v) is 4.39. The van der Waals surface area contributed by atoms with Gasteiger partial charge >= 0.3 is 11.6 Å². The highest BCUT2D eigenvalue weighted by Gasteiger charge is 2.39. The molecule has 19 heavy (non-hydrogen) atoms. The maximum Gasteiger partial charge on any atom is 0.395 e. The third-order valence-electron chi connectivity index (χ3n) is 2.23. The lowest BCUT2D eigenvalue weighted by Crippen LogP contribution is -2.12. The van der Waals surface area contributed by atoms with E-state index in [9.17, 15) is 4.57 Å². The van der Waals surface area contributed by atoms with E-state index < -0.39 is 11.6 Å². The second-order valence-electron chi connectivity index (χ2n) is 3.87. The summed E-state index contributed by atoms with van der Waals surface area (Å²) in [5.41, 5.74) is 1.17. The second kappa shape index (κ2) is 5.58. The van der Waals surface area contributed by atoms with Crippen LogP contribution in [-0.4, -0.2) is 10.6 Å². The summed E-state index contributed by atoms with van der Waals surface area (Å²) >= 11 is 16.4. The molecule has 1 unspecified atom stereocenters. The Morgan fingerprint density at radius 3 is 2.58 bits per heavy atom. The standard InChI is InChI=1S/C10H12Cl3N2O3P/c1-2-5-17-7-3-4-8-9(6-7)15-19(16,14-8)18-10(11,12)13/h3-4,6H,2,5H2,1H3,(H2,14,15,16). The Morgan fingerprint density at radius 2 is 1.95 bits per heavy atom. The van der Waals surface area contributed by atoms with Gasteiger partial charge in [0.1, 0.15) is 5.75 Å². The molecule has 0 fully saturated rings. The molecule has 5 nitrogen and oxygen atoms in total. The summed E-state index contributed by atoms with van der Waals surface area (Å²) in [4.78, 5) is 0. The van der Waals surface area contributed by atoms with Gasteiger partial charge in [0.05, 0.1) is 18.0 Å². The average molecular weight is 346 g/mol. The second-order valence-corrected chi connectivity index (χ2v) is 7.78. The molecule has 0 saturated carbocycles. The molecule has 0 aromatic heterocycles. The van der Waals surface area contributed by atoms with Gasteiger partial charge in [-0.25, -0.2) is 9.09 Å². The minimum Gasteiger partial charge on any atom is -0.494 e. The zero-order valence-electron chi connectivity index (χ0n) is 9.95. The fraction of sp³-hybridized carbons (Fsp3) is 0.400. The van der Waals surface area contributed by atoms with Crippen LogP contribution in [0.3, 0.4) is 0 Å². The fourth-order valence-electron chi connectivity index (χ4n) is 1.56. The predicted octanol–water partition coefficient (Wildman–Crippen LogP) is 4.77. The smallest absolute Gasteiger partial charge is 0.395 e. The molecule has 9 heteroatoms. The van der Waals surface area contributed by atoms with Crippen molar-refractivity contribution in [2.75, 3.05) is 16.8 Å². The van der Waals surface area contributed by atoms with Crippen molar-refractivity contribution in [1.29, 1.82) is 0 Å². The summed E-state index contributed by atoms with van der Waals surface area (Å²) in [6.45, 7) is 2.62. The van der Waals surface area contributed by atoms with Crippen molar-refractivity contribution < 1.29 is 13.8 Å². The summed E-state index contributed by atoms with van der Waals surface area (Å²) in [6.07, 6.45) is 0.900. The predicted molar refractivity (Wildman–Crippen MR) is 78.5 cm³/mol. The Bertz CT molecular complexity index is 521. The summed E-state index contributed by atoms with van der Waals surface area (Å²) in [7, 11) is -3.47. The van der Waals surface area contributed by atoms with Crippen molar-refractivity contribution >= 4 is 53.8 Å². The normalized spacial score (nSPS) is 21.5. The summed E-state index contributed by atoms with van der Waals surface area (Å²) in [5.74, 6) is 0.664. The molecule has 2 N–H and O–H groups in total.